The van der Waals surface area contributed by atoms with E-state index >= 15 is 0 Å². The fraction of sp³-hybridized carbons (Fsp3) is 0.333. The van der Waals surface area contributed by atoms with Crippen molar-refractivity contribution < 1.29 is 19.1 Å². The number of halogens is 1. The first-order valence-corrected chi connectivity index (χ1v) is 5.13. The van der Waals surface area contributed by atoms with Gasteiger partial charge in [0.2, 0.25) is 0 Å². The molecule has 1 heterocycles. The second-order valence-electron chi connectivity index (χ2n) is 2.88. The smallest absolute Gasteiger partial charge is 0.326 e. The highest BCUT2D eigenvalue weighted by molar-refractivity contribution is 9.10. The number of hydrogen-bond acceptors (Lipinski definition) is 3. The predicted molar refractivity (Wildman–Crippen MR) is 55.6 cm³/mol. The van der Waals surface area contributed by atoms with Crippen LogP contribution in [0.5, 0.6) is 0 Å². The molecule has 0 aliphatic carbocycles. The molecule has 0 aliphatic heterocycles. The summed E-state index contributed by atoms with van der Waals surface area (Å²) in [5.41, 5.74) is 0. The molecule has 15 heavy (non-hydrogen) atoms. The third-order valence-electron chi connectivity index (χ3n) is 1.81. The molecule has 1 aromatic rings. The minimum absolute atomic E-state index is 0.0848. The Labute approximate surface area is 94.6 Å². The largest absolute Gasteiger partial charge is 0.480 e. The number of carboxylic acid groups (broad SMARTS) is 1. The first-order valence-electron chi connectivity index (χ1n) is 4.33. The molecule has 0 aliphatic rings. The molecule has 0 aromatic carbocycles. The Morgan fingerprint density at radius 3 is 2.67 bits per heavy atom. The molecule has 0 fully saturated rings. The number of carbonyl (C=O) groups is 2. The SMILES string of the molecule is CC[C@@H](NC(=O)c1ccc(Br)o1)C(=O)O. The van der Waals surface area contributed by atoms with Crippen LogP contribution >= 0.6 is 15.9 Å². The Morgan fingerprint density at radius 2 is 2.27 bits per heavy atom. The molecule has 82 valence electrons. The summed E-state index contributed by atoms with van der Waals surface area (Å²) >= 11 is 3.05. The third kappa shape index (κ3) is 3.09. The second-order valence-corrected chi connectivity index (χ2v) is 3.66. The standard InChI is InChI=1S/C9H10BrNO4/c1-2-5(9(13)14)11-8(12)6-3-4-7(10)15-6/h3-5H,2H2,1H3,(H,11,12)(H,13,14)/t5-/m1/s1. The maximum Gasteiger partial charge on any atom is 0.326 e. The van der Waals surface area contributed by atoms with Gasteiger partial charge in [0.15, 0.2) is 10.4 Å². The lowest BCUT2D eigenvalue weighted by atomic mass is 10.2. The van der Waals surface area contributed by atoms with Crippen molar-refractivity contribution in [3.8, 4) is 0 Å². The molecule has 1 aromatic heterocycles. The Bertz CT molecular complexity index is 374. The highest BCUT2D eigenvalue weighted by atomic mass is 79.9. The molecule has 0 radical (unpaired) electrons. The lowest BCUT2D eigenvalue weighted by molar-refractivity contribution is -0.139. The van der Waals surface area contributed by atoms with Gasteiger partial charge in [0.05, 0.1) is 0 Å². The van der Waals surface area contributed by atoms with Crippen molar-refractivity contribution in [2.45, 2.75) is 19.4 Å². The fourth-order valence-electron chi connectivity index (χ4n) is 1.00. The number of carbonyl (C=O) groups excluding carboxylic acids is 1. The van der Waals surface area contributed by atoms with E-state index in [0.717, 1.165) is 0 Å². The highest BCUT2D eigenvalue weighted by Crippen LogP contribution is 2.13. The third-order valence-corrected chi connectivity index (χ3v) is 2.23. The molecule has 0 saturated carbocycles. The highest BCUT2D eigenvalue weighted by Gasteiger charge is 2.20. The van der Waals surface area contributed by atoms with Crippen LogP contribution in [0.3, 0.4) is 0 Å². The van der Waals surface area contributed by atoms with E-state index in [2.05, 4.69) is 21.2 Å². The van der Waals surface area contributed by atoms with Gasteiger partial charge in [-0.15, -0.1) is 0 Å². The van der Waals surface area contributed by atoms with Crippen molar-refractivity contribution in [3.63, 3.8) is 0 Å². The van der Waals surface area contributed by atoms with E-state index in [9.17, 15) is 9.59 Å². The Hall–Kier alpha value is -1.30. The summed E-state index contributed by atoms with van der Waals surface area (Å²) in [5, 5.41) is 11.1. The van der Waals surface area contributed by atoms with E-state index < -0.39 is 17.9 Å². The first-order chi connectivity index (χ1) is 7.04. The van der Waals surface area contributed by atoms with Crippen LogP contribution in [-0.2, 0) is 4.79 Å². The minimum atomic E-state index is -1.06. The molecule has 5 nitrogen and oxygen atoms in total. The molecule has 1 atom stereocenters. The number of furan rings is 1. The van der Waals surface area contributed by atoms with E-state index in [4.69, 9.17) is 9.52 Å². The molecule has 1 rings (SSSR count). The van der Waals surface area contributed by atoms with E-state index in [1.54, 1.807) is 13.0 Å². The van der Waals surface area contributed by atoms with Crippen molar-refractivity contribution in [1.82, 2.24) is 5.32 Å². The van der Waals surface area contributed by atoms with Crippen molar-refractivity contribution in [2.75, 3.05) is 0 Å². The zero-order valence-corrected chi connectivity index (χ0v) is 9.58. The zero-order valence-electron chi connectivity index (χ0n) is 7.99. The molecule has 0 spiro atoms. The average molecular weight is 276 g/mol. The summed E-state index contributed by atoms with van der Waals surface area (Å²) in [6.45, 7) is 1.68. The van der Waals surface area contributed by atoms with Gasteiger partial charge < -0.3 is 14.8 Å². The van der Waals surface area contributed by atoms with Crippen LogP contribution in [0.2, 0.25) is 0 Å². The van der Waals surface area contributed by atoms with Crippen LogP contribution in [0.15, 0.2) is 21.2 Å². The van der Waals surface area contributed by atoms with Crippen molar-refractivity contribution in [2.24, 2.45) is 0 Å². The fourth-order valence-corrected chi connectivity index (χ4v) is 1.31. The summed E-state index contributed by atoms with van der Waals surface area (Å²) in [6, 6.07) is 2.14. The summed E-state index contributed by atoms with van der Waals surface area (Å²) < 4.78 is 5.41. The van der Waals surface area contributed by atoms with Crippen LogP contribution < -0.4 is 5.32 Å². The van der Waals surface area contributed by atoms with Gasteiger partial charge in [0.1, 0.15) is 6.04 Å². The van der Waals surface area contributed by atoms with E-state index in [1.165, 1.54) is 6.07 Å². The molecular formula is C9H10BrNO4. The topological polar surface area (TPSA) is 79.5 Å². The number of rotatable bonds is 4. The maximum atomic E-state index is 11.4. The normalized spacial score (nSPS) is 12.1. The lowest BCUT2D eigenvalue weighted by Crippen LogP contribution is -2.40. The van der Waals surface area contributed by atoms with E-state index in [-0.39, 0.29) is 5.76 Å². The second kappa shape index (κ2) is 4.97. The summed E-state index contributed by atoms with van der Waals surface area (Å²) in [4.78, 5) is 22.1. The number of aliphatic carboxylic acids is 1. The number of nitrogens with one attached hydrogen (secondary N) is 1. The quantitative estimate of drug-likeness (QED) is 0.876. The first kappa shape index (κ1) is 11.8. The van der Waals surface area contributed by atoms with Gasteiger partial charge in [-0.1, -0.05) is 6.92 Å². The zero-order chi connectivity index (χ0) is 11.4. The summed E-state index contributed by atoms with van der Waals surface area (Å²) in [5.74, 6) is -1.51. The molecule has 0 bridgehead atoms. The van der Waals surface area contributed by atoms with Gasteiger partial charge in [0, 0.05) is 0 Å². The van der Waals surface area contributed by atoms with Crippen LogP contribution in [-0.4, -0.2) is 23.0 Å². The van der Waals surface area contributed by atoms with Gasteiger partial charge in [-0.2, -0.15) is 0 Å². The number of hydrogen-bond donors (Lipinski definition) is 2. The Kier molecular flexibility index (Phi) is 3.90. The molecular weight excluding hydrogens is 266 g/mol. The van der Waals surface area contributed by atoms with Gasteiger partial charge >= 0.3 is 5.97 Å². The van der Waals surface area contributed by atoms with Crippen molar-refractivity contribution in [1.29, 1.82) is 0 Å². The number of carboxylic acids is 1. The van der Waals surface area contributed by atoms with Gasteiger partial charge in [-0.05, 0) is 34.5 Å². The Morgan fingerprint density at radius 1 is 1.60 bits per heavy atom. The van der Waals surface area contributed by atoms with Crippen LogP contribution in [0.1, 0.15) is 23.9 Å². The summed E-state index contributed by atoms with van der Waals surface area (Å²) in [7, 11) is 0. The van der Waals surface area contributed by atoms with Crippen LogP contribution in [0, 0.1) is 0 Å². The van der Waals surface area contributed by atoms with E-state index in [0.29, 0.717) is 11.1 Å². The van der Waals surface area contributed by atoms with E-state index in [1.807, 2.05) is 0 Å². The predicted octanol–water partition coefficient (Wildman–Crippen LogP) is 1.64. The van der Waals surface area contributed by atoms with Gasteiger partial charge in [0.25, 0.3) is 5.91 Å². The van der Waals surface area contributed by atoms with Gasteiger partial charge in [-0.3, -0.25) is 4.79 Å². The molecule has 1 amide bonds. The molecule has 0 saturated heterocycles. The maximum absolute atomic E-state index is 11.4. The van der Waals surface area contributed by atoms with Gasteiger partial charge in [-0.25, -0.2) is 4.79 Å². The van der Waals surface area contributed by atoms with Crippen LogP contribution in [0.4, 0.5) is 0 Å². The monoisotopic (exact) mass is 275 g/mol. The van der Waals surface area contributed by atoms with Crippen molar-refractivity contribution in [3.05, 3.63) is 22.6 Å². The molecule has 6 heteroatoms. The van der Waals surface area contributed by atoms with Crippen LogP contribution in [0.25, 0.3) is 0 Å². The Balaban J connectivity index is 2.66. The lowest BCUT2D eigenvalue weighted by Gasteiger charge is -2.10. The minimum Gasteiger partial charge on any atom is -0.480 e. The molecule has 2 N–H and O–H groups in total. The van der Waals surface area contributed by atoms with Crippen molar-refractivity contribution >= 4 is 27.8 Å². The summed E-state index contributed by atoms with van der Waals surface area (Å²) in [6.07, 6.45) is 0.322. The number of amides is 1. The molecule has 0 unspecified atom stereocenters. The average Bonchev–Trinajstić information content (AvgIpc) is 2.60.